The molecule has 0 aliphatic heterocycles. The van der Waals surface area contributed by atoms with Crippen molar-refractivity contribution in [3.63, 3.8) is 0 Å². The zero-order valence-electron chi connectivity index (χ0n) is 23.4. The summed E-state index contributed by atoms with van der Waals surface area (Å²) in [5, 5.41) is 16.8. The average Bonchev–Trinajstić information content (AvgIpc) is 3.58. The fraction of sp³-hybridized carbons (Fsp3) is 0. The van der Waals surface area contributed by atoms with Crippen LogP contribution in [0.25, 0.3) is 22.9 Å². The Morgan fingerprint density at radius 1 is 0.326 bits per heavy atom. The van der Waals surface area contributed by atoms with Crippen molar-refractivity contribution in [1.29, 1.82) is 0 Å². The molecule has 5 heteroatoms. The zero-order chi connectivity index (χ0) is 28.8. The molecule has 1 heterocycles. The second-order valence-corrected chi connectivity index (χ2v) is 14.3. The highest BCUT2D eigenvalue weighted by atomic mass is 31.1. The third kappa shape index (κ3) is 5.71. The first-order valence-electron chi connectivity index (χ1n) is 14.2. The summed E-state index contributed by atoms with van der Waals surface area (Å²) >= 11 is 0. The van der Waals surface area contributed by atoms with Crippen LogP contribution in [0.3, 0.4) is 0 Å². The number of benzene rings is 6. The Balaban J connectivity index is 1.34. The lowest BCUT2D eigenvalue weighted by atomic mass is 10.2. The highest BCUT2D eigenvalue weighted by molar-refractivity contribution is 7.80. The van der Waals surface area contributed by atoms with Crippen molar-refractivity contribution < 1.29 is 4.42 Å². The van der Waals surface area contributed by atoms with Crippen molar-refractivity contribution in [3.8, 4) is 22.9 Å². The number of rotatable bonds is 8. The van der Waals surface area contributed by atoms with Crippen molar-refractivity contribution in [2.75, 3.05) is 0 Å². The van der Waals surface area contributed by atoms with E-state index in [-0.39, 0.29) is 0 Å². The third-order valence-corrected chi connectivity index (χ3v) is 12.2. The van der Waals surface area contributed by atoms with E-state index >= 15 is 0 Å². The van der Waals surface area contributed by atoms with Crippen LogP contribution in [0.5, 0.6) is 0 Å². The van der Waals surface area contributed by atoms with Crippen LogP contribution < -0.4 is 31.8 Å². The number of nitrogens with zero attached hydrogens (tertiary/aromatic N) is 2. The van der Waals surface area contributed by atoms with Crippen LogP contribution in [0.4, 0.5) is 0 Å². The molecule has 0 bridgehead atoms. The summed E-state index contributed by atoms with van der Waals surface area (Å²) < 4.78 is 6.58. The molecule has 3 nitrogen and oxygen atoms in total. The minimum atomic E-state index is -0.837. The Morgan fingerprint density at radius 3 is 0.930 bits per heavy atom. The van der Waals surface area contributed by atoms with Gasteiger partial charge in [-0.3, -0.25) is 0 Å². The summed E-state index contributed by atoms with van der Waals surface area (Å²) in [6, 6.07) is 59.7. The van der Waals surface area contributed by atoms with E-state index in [2.05, 4.69) is 168 Å². The van der Waals surface area contributed by atoms with E-state index in [1.54, 1.807) is 0 Å². The molecule has 0 fully saturated rings. The SMILES string of the molecule is c1ccc(P(c2ccccc2)c2ccccc2-c2nnc(-c3ccccc3P(c3ccccc3)c3ccccc3)o2)cc1. The van der Waals surface area contributed by atoms with Crippen LogP contribution in [0.2, 0.25) is 0 Å². The molecule has 0 amide bonds. The van der Waals surface area contributed by atoms with Crippen LogP contribution in [0, 0.1) is 0 Å². The molecule has 0 atom stereocenters. The van der Waals surface area contributed by atoms with Crippen molar-refractivity contribution in [3.05, 3.63) is 170 Å². The maximum atomic E-state index is 6.58. The van der Waals surface area contributed by atoms with Gasteiger partial charge in [0, 0.05) is 11.1 Å². The van der Waals surface area contributed by atoms with E-state index in [0.717, 1.165) is 11.1 Å². The normalized spacial score (nSPS) is 11.2. The second-order valence-electron chi connectivity index (χ2n) is 9.96. The lowest BCUT2D eigenvalue weighted by molar-refractivity contribution is 0.585. The highest BCUT2D eigenvalue weighted by Crippen LogP contribution is 2.39. The topological polar surface area (TPSA) is 38.9 Å². The zero-order valence-corrected chi connectivity index (χ0v) is 25.2. The van der Waals surface area contributed by atoms with Gasteiger partial charge in [-0.2, -0.15) is 0 Å². The van der Waals surface area contributed by atoms with Gasteiger partial charge in [-0.05, 0) is 59.8 Å². The van der Waals surface area contributed by atoms with Crippen molar-refractivity contribution >= 4 is 47.7 Å². The molecule has 7 aromatic rings. The molecule has 0 unspecified atom stereocenters. The Morgan fingerprint density at radius 2 is 0.605 bits per heavy atom. The molecular formula is C38H28N2OP2. The van der Waals surface area contributed by atoms with E-state index in [1.807, 2.05) is 12.1 Å². The van der Waals surface area contributed by atoms with Crippen molar-refractivity contribution in [1.82, 2.24) is 10.2 Å². The number of hydrogen-bond acceptors (Lipinski definition) is 3. The molecule has 0 saturated carbocycles. The molecule has 43 heavy (non-hydrogen) atoms. The van der Waals surface area contributed by atoms with Gasteiger partial charge in [-0.15, -0.1) is 10.2 Å². The predicted molar refractivity (Wildman–Crippen MR) is 183 cm³/mol. The van der Waals surface area contributed by atoms with Crippen LogP contribution in [-0.2, 0) is 0 Å². The molecule has 0 radical (unpaired) electrons. The Bertz CT molecular complexity index is 1710. The van der Waals surface area contributed by atoms with Crippen LogP contribution >= 0.6 is 15.8 Å². The predicted octanol–water partition coefficient (Wildman–Crippen LogP) is 6.92. The standard InChI is InChI=1S/C38H28N2OP2/c1-5-17-29(18-6-1)42(30-19-7-2-8-20-30)35-27-15-13-25-33(35)37-39-40-38(41-37)34-26-14-16-28-36(34)43(31-21-9-3-10-22-31)32-23-11-4-12-24-32/h1-28H. The molecular weight excluding hydrogens is 562 g/mol. The smallest absolute Gasteiger partial charge is 0.248 e. The molecule has 0 saturated heterocycles. The van der Waals surface area contributed by atoms with Gasteiger partial charge in [0.25, 0.3) is 0 Å². The van der Waals surface area contributed by atoms with E-state index in [0.29, 0.717) is 11.8 Å². The van der Waals surface area contributed by atoms with Gasteiger partial charge < -0.3 is 4.42 Å². The molecule has 0 N–H and O–H groups in total. The van der Waals surface area contributed by atoms with Gasteiger partial charge in [-0.25, -0.2) is 0 Å². The molecule has 0 aliphatic carbocycles. The van der Waals surface area contributed by atoms with Crippen molar-refractivity contribution in [2.45, 2.75) is 0 Å². The summed E-state index contributed by atoms with van der Waals surface area (Å²) in [5.41, 5.74) is 1.93. The molecule has 7 rings (SSSR count). The van der Waals surface area contributed by atoms with E-state index < -0.39 is 15.8 Å². The summed E-state index contributed by atoms with van der Waals surface area (Å²) in [5.74, 6) is 1.06. The lowest BCUT2D eigenvalue weighted by Crippen LogP contribution is -2.22. The minimum absolute atomic E-state index is 0.531. The molecule has 0 spiro atoms. The quantitative estimate of drug-likeness (QED) is 0.181. The van der Waals surface area contributed by atoms with Crippen molar-refractivity contribution in [2.24, 2.45) is 0 Å². The number of hydrogen-bond donors (Lipinski definition) is 0. The Labute approximate surface area is 254 Å². The van der Waals surface area contributed by atoms with Gasteiger partial charge in [0.15, 0.2) is 0 Å². The fourth-order valence-electron chi connectivity index (χ4n) is 5.30. The molecule has 0 aliphatic rings. The van der Waals surface area contributed by atoms with Gasteiger partial charge in [-0.1, -0.05) is 158 Å². The van der Waals surface area contributed by atoms with E-state index in [4.69, 9.17) is 4.42 Å². The van der Waals surface area contributed by atoms with Gasteiger partial charge in [0.2, 0.25) is 11.8 Å². The molecule has 1 aromatic heterocycles. The first-order chi connectivity index (χ1) is 21.4. The van der Waals surface area contributed by atoms with Gasteiger partial charge in [0.05, 0.1) is 0 Å². The largest absolute Gasteiger partial charge is 0.416 e. The fourth-order valence-corrected chi connectivity index (χ4v) is 10.2. The maximum absolute atomic E-state index is 6.58. The van der Waals surface area contributed by atoms with E-state index in [9.17, 15) is 0 Å². The summed E-state index contributed by atoms with van der Waals surface area (Å²) in [4.78, 5) is 0. The summed E-state index contributed by atoms with van der Waals surface area (Å²) in [6.07, 6.45) is 0. The monoisotopic (exact) mass is 590 g/mol. The average molecular weight is 591 g/mol. The van der Waals surface area contributed by atoms with Gasteiger partial charge in [0.1, 0.15) is 0 Å². The third-order valence-electron chi connectivity index (χ3n) is 7.23. The lowest BCUT2D eigenvalue weighted by Gasteiger charge is -2.21. The molecule has 6 aromatic carbocycles. The maximum Gasteiger partial charge on any atom is 0.248 e. The van der Waals surface area contributed by atoms with E-state index in [1.165, 1.54) is 31.8 Å². The second kappa shape index (κ2) is 12.7. The van der Waals surface area contributed by atoms with Gasteiger partial charge >= 0.3 is 0 Å². The summed E-state index contributed by atoms with van der Waals surface area (Å²) in [6.45, 7) is 0. The number of aromatic nitrogens is 2. The summed E-state index contributed by atoms with van der Waals surface area (Å²) in [7, 11) is -1.67. The first kappa shape index (κ1) is 27.2. The van der Waals surface area contributed by atoms with Crippen LogP contribution in [-0.4, -0.2) is 10.2 Å². The van der Waals surface area contributed by atoms with Crippen LogP contribution in [0.1, 0.15) is 0 Å². The minimum Gasteiger partial charge on any atom is -0.416 e. The first-order valence-corrected chi connectivity index (χ1v) is 16.9. The Kier molecular flexibility index (Phi) is 8.01. The molecule has 206 valence electrons. The Hall–Kier alpha value is -4.68. The van der Waals surface area contributed by atoms with Crippen LogP contribution in [0.15, 0.2) is 174 Å². The highest BCUT2D eigenvalue weighted by Gasteiger charge is 2.25.